The minimum Gasteiger partial charge on any atom is -0.480 e. The van der Waals surface area contributed by atoms with E-state index in [4.69, 9.17) is 5.11 Å². The van der Waals surface area contributed by atoms with Crippen LogP contribution in [0.15, 0.2) is 30.3 Å². The standard InChI is InChI=1S/C16H21FN2O4S/c1-24-8-7-12(15(21)19-13(10-17)16(22)23)18-14(20)9-11-5-3-2-4-6-11/h2-6,12-13H,7-10H2,1H3,(H,18,20)(H,19,21)(H,22,23). The highest BCUT2D eigenvalue weighted by molar-refractivity contribution is 7.98. The van der Waals surface area contributed by atoms with Crippen molar-refractivity contribution in [1.29, 1.82) is 0 Å². The Morgan fingerprint density at radius 2 is 1.83 bits per heavy atom. The van der Waals surface area contributed by atoms with Gasteiger partial charge in [0.05, 0.1) is 6.42 Å². The number of rotatable bonds is 10. The number of thioether (sulfide) groups is 1. The van der Waals surface area contributed by atoms with Gasteiger partial charge in [0.2, 0.25) is 11.8 Å². The number of carbonyl (C=O) groups is 3. The van der Waals surface area contributed by atoms with Crippen LogP contribution in [-0.2, 0) is 20.8 Å². The highest BCUT2D eigenvalue weighted by Gasteiger charge is 2.26. The van der Waals surface area contributed by atoms with Gasteiger partial charge in [0.25, 0.3) is 0 Å². The number of hydrogen-bond donors (Lipinski definition) is 3. The number of benzene rings is 1. The highest BCUT2D eigenvalue weighted by Crippen LogP contribution is 2.04. The van der Waals surface area contributed by atoms with Crippen molar-refractivity contribution >= 4 is 29.5 Å². The van der Waals surface area contributed by atoms with Gasteiger partial charge in [-0.2, -0.15) is 11.8 Å². The molecule has 0 bridgehead atoms. The molecule has 0 fully saturated rings. The fourth-order valence-electron chi connectivity index (χ4n) is 1.97. The molecule has 2 atom stereocenters. The Morgan fingerprint density at radius 3 is 2.38 bits per heavy atom. The van der Waals surface area contributed by atoms with Crippen LogP contribution in [0.25, 0.3) is 0 Å². The molecule has 2 unspecified atom stereocenters. The molecule has 0 saturated heterocycles. The first-order chi connectivity index (χ1) is 11.5. The zero-order valence-electron chi connectivity index (χ0n) is 13.3. The third kappa shape index (κ3) is 6.99. The Kier molecular flexibility index (Phi) is 8.85. The summed E-state index contributed by atoms with van der Waals surface area (Å²) in [6.07, 6.45) is 2.28. The van der Waals surface area contributed by atoms with E-state index in [1.165, 1.54) is 11.8 Å². The predicted molar refractivity (Wildman–Crippen MR) is 90.6 cm³/mol. The molecule has 0 aromatic heterocycles. The molecule has 8 heteroatoms. The second-order valence-electron chi connectivity index (χ2n) is 5.12. The molecule has 1 aromatic carbocycles. The summed E-state index contributed by atoms with van der Waals surface area (Å²) < 4.78 is 12.6. The third-order valence-electron chi connectivity index (χ3n) is 3.24. The number of carboxylic acid groups (broad SMARTS) is 1. The average molecular weight is 356 g/mol. The molecule has 0 aliphatic carbocycles. The smallest absolute Gasteiger partial charge is 0.328 e. The topological polar surface area (TPSA) is 95.5 Å². The van der Waals surface area contributed by atoms with Gasteiger partial charge < -0.3 is 15.7 Å². The third-order valence-corrected chi connectivity index (χ3v) is 3.88. The molecule has 2 amide bonds. The summed E-state index contributed by atoms with van der Waals surface area (Å²) in [5.74, 6) is -1.91. The SMILES string of the molecule is CSCCC(NC(=O)Cc1ccccc1)C(=O)NC(CF)C(=O)O. The maximum absolute atomic E-state index is 12.6. The first kappa shape index (κ1) is 20.0. The Hall–Kier alpha value is -2.09. The summed E-state index contributed by atoms with van der Waals surface area (Å²) in [4.78, 5) is 35.1. The molecule has 0 spiro atoms. The van der Waals surface area contributed by atoms with Gasteiger partial charge >= 0.3 is 5.97 Å². The van der Waals surface area contributed by atoms with Crippen molar-refractivity contribution < 1.29 is 23.9 Å². The molecule has 0 saturated carbocycles. The van der Waals surface area contributed by atoms with E-state index >= 15 is 0 Å². The number of hydrogen-bond acceptors (Lipinski definition) is 4. The zero-order chi connectivity index (χ0) is 17.9. The van der Waals surface area contributed by atoms with Crippen molar-refractivity contribution in [3.8, 4) is 0 Å². The van der Waals surface area contributed by atoms with Crippen LogP contribution < -0.4 is 10.6 Å². The van der Waals surface area contributed by atoms with Crippen molar-refractivity contribution in [3.63, 3.8) is 0 Å². The lowest BCUT2D eigenvalue weighted by Crippen LogP contribution is -2.52. The largest absolute Gasteiger partial charge is 0.480 e. The number of halogens is 1. The molecule has 0 aliphatic rings. The second kappa shape index (κ2) is 10.6. The lowest BCUT2D eigenvalue weighted by Gasteiger charge is -2.20. The zero-order valence-corrected chi connectivity index (χ0v) is 14.1. The maximum Gasteiger partial charge on any atom is 0.328 e. The second-order valence-corrected chi connectivity index (χ2v) is 6.10. The van der Waals surface area contributed by atoms with Crippen LogP contribution in [0.2, 0.25) is 0 Å². The Labute approximate surface area is 144 Å². The van der Waals surface area contributed by atoms with E-state index < -0.39 is 30.6 Å². The minimum absolute atomic E-state index is 0.107. The first-order valence-electron chi connectivity index (χ1n) is 7.39. The highest BCUT2D eigenvalue weighted by atomic mass is 32.2. The lowest BCUT2D eigenvalue weighted by atomic mass is 10.1. The molecule has 1 rings (SSSR count). The number of alkyl halides is 1. The van der Waals surface area contributed by atoms with Crippen LogP contribution in [0.3, 0.4) is 0 Å². The minimum atomic E-state index is -1.61. The molecule has 0 radical (unpaired) electrons. The van der Waals surface area contributed by atoms with Crippen LogP contribution >= 0.6 is 11.8 Å². The van der Waals surface area contributed by atoms with Crippen LogP contribution in [0.1, 0.15) is 12.0 Å². The fraction of sp³-hybridized carbons (Fsp3) is 0.438. The Balaban J connectivity index is 2.67. The van der Waals surface area contributed by atoms with Gasteiger partial charge in [-0.1, -0.05) is 30.3 Å². The molecular formula is C16H21FN2O4S. The number of aliphatic carboxylic acids is 1. The summed E-state index contributed by atoms with van der Waals surface area (Å²) >= 11 is 1.49. The van der Waals surface area contributed by atoms with Crippen molar-refractivity contribution in [2.24, 2.45) is 0 Å². The van der Waals surface area contributed by atoms with Gasteiger partial charge in [-0.3, -0.25) is 9.59 Å². The first-order valence-corrected chi connectivity index (χ1v) is 8.78. The van der Waals surface area contributed by atoms with E-state index in [0.717, 1.165) is 5.56 Å². The summed E-state index contributed by atoms with van der Waals surface area (Å²) in [5, 5.41) is 13.5. The van der Waals surface area contributed by atoms with E-state index in [0.29, 0.717) is 12.2 Å². The van der Waals surface area contributed by atoms with Crippen LogP contribution in [-0.4, -0.2) is 53.7 Å². The van der Waals surface area contributed by atoms with Crippen molar-refractivity contribution in [2.75, 3.05) is 18.7 Å². The molecule has 6 nitrogen and oxygen atoms in total. The van der Waals surface area contributed by atoms with Gasteiger partial charge in [-0.25, -0.2) is 9.18 Å². The molecular weight excluding hydrogens is 335 g/mol. The molecule has 0 heterocycles. The van der Waals surface area contributed by atoms with Crippen LogP contribution in [0, 0.1) is 0 Å². The lowest BCUT2D eigenvalue weighted by molar-refractivity contribution is -0.142. The van der Waals surface area contributed by atoms with E-state index in [1.807, 2.05) is 12.3 Å². The van der Waals surface area contributed by atoms with Crippen LogP contribution in [0.5, 0.6) is 0 Å². The van der Waals surface area contributed by atoms with Gasteiger partial charge in [-0.15, -0.1) is 0 Å². The summed E-state index contributed by atoms with van der Waals surface area (Å²) in [7, 11) is 0. The Bertz CT molecular complexity index is 556. The van der Waals surface area contributed by atoms with E-state index in [9.17, 15) is 18.8 Å². The van der Waals surface area contributed by atoms with Crippen molar-refractivity contribution in [2.45, 2.75) is 24.9 Å². The number of carboxylic acids is 1. The Morgan fingerprint density at radius 1 is 1.17 bits per heavy atom. The number of nitrogens with one attached hydrogen (secondary N) is 2. The predicted octanol–water partition coefficient (Wildman–Crippen LogP) is 1.01. The van der Waals surface area contributed by atoms with Gasteiger partial charge in [-0.05, 0) is 24.0 Å². The van der Waals surface area contributed by atoms with E-state index in [-0.39, 0.29) is 12.3 Å². The molecule has 3 N–H and O–H groups in total. The fourth-order valence-corrected chi connectivity index (χ4v) is 2.44. The van der Waals surface area contributed by atoms with Crippen molar-refractivity contribution in [1.82, 2.24) is 10.6 Å². The molecule has 0 aliphatic heterocycles. The summed E-state index contributed by atoms with van der Waals surface area (Å²) in [5.41, 5.74) is 0.797. The van der Waals surface area contributed by atoms with Crippen molar-refractivity contribution in [3.05, 3.63) is 35.9 Å². The molecule has 132 valence electrons. The average Bonchev–Trinajstić information content (AvgIpc) is 2.56. The van der Waals surface area contributed by atoms with Gasteiger partial charge in [0.15, 0.2) is 6.04 Å². The quantitative estimate of drug-likeness (QED) is 0.581. The molecule has 1 aromatic rings. The maximum atomic E-state index is 12.6. The normalized spacial score (nSPS) is 12.9. The van der Waals surface area contributed by atoms with E-state index in [1.54, 1.807) is 24.3 Å². The van der Waals surface area contributed by atoms with Gasteiger partial charge in [0.1, 0.15) is 12.7 Å². The number of amides is 2. The monoisotopic (exact) mass is 356 g/mol. The molecule has 24 heavy (non-hydrogen) atoms. The summed E-state index contributed by atoms with van der Waals surface area (Å²) in [6.45, 7) is -1.21. The number of carbonyl (C=O) groups excluding carboxylic acids is 2. The van der Waals surface area contributed by atoms with Crippen LogP contribution in [0.4, 0.5) is 4.39 Å². The summed E-state index contributed by atoms with van der Waals surface area (Å²) in [6, 6.07) is 6.51. The van der Waals surface area contributed by atoms with E-state index in [2.05, 4.69) is 10.6 Å². The van der Waals surface area contributed by atoms with Gasteiger partial charge in [0, 0.05) is 0 Å².